The van der Waals surface area contributed by atoms with Gasteiger partial charge in [0.25, 0.3) is 0 Å². The molecular formula is C16H34N2O. The molecule has 0 atom stereocenters. The van der Waals surface area contributed by atoms with Crippen LogP contribution in [0.1, 0.15) is 52.4 Å². The summed E-state index contributed by atoms with van der Waals surface area (Å²) in [4.78, 5) is 5.24. The molecule has 1 rings (SSSR count). The van der Waals surface area contributed by atoms with E-state index in [0.717, 1.165) is 13.2 Å². The van der Waals surface area contributed by atoms with Gasteiger partial charge in [-0.1, -0.05) is 26.7 Å². The number of piperazine rings is 1. The molecule has 0 aliphatic carbocycles. The van der Waals surface area contributed by atoms with E-state index in [2.05, 4.69) is 23.6 Å². The van der Waals surface area contributed by atoms with Crippen molar-refractivity contribution in [1.82, 2.24) is 9.80 Å². The first-order valence-corrected chi connectivity index (χ1v) is 8.39. The minimum absolute atomic E-state index is 0.951. The summed E-state index contributed by atoms with van der Waals surface area (Å²) in [6.45, 7) is 14.0. The van der Waals surface area contributed by atoms with E-state index in [4.69, 9.17) is 4.74 Å². The summed E-state index contributed by atoms with van der Waals surface area (Å²) in [5.74, 6) is 0. The lowest BCUT2D eigenvalue weighted by molar-refractivity contribution is 0.111. The summed E-state index contributed by atoms with van der Waals surface area (Å²) in [6.07, 6.45) is 7.64. The van der Waals surface area contributed by atoms with Gasteiger partial charge in [-0.05, 0) is 38.8 Å². The van der Waals surface area contributed by atoms with Gasteiger partial charge in [-0.2, -0.15) is 0 Å². The molecule has 1 heterocycles. The van der Waals surface area contributed by atoms with Gasteiger partial charge >= 0.3 is 0 Å². The Morgan fingerprint density at radius 1 is 0.684 bits per heavy atom. The van der Waals surface area contributed by atoms with Crippen LogP contribution in [0.15, 0.2) is 0 Å². The van der Waals surface area contributed by atoms with Crippen LogP contribution in [0, 0.1) is 0 Å². The van der Waals surface area contributed by atoms with E-state index in [1.807, 2.05) is 0 Å². The van der Waals surface area contributed by atoms with Crippen LogP contribution in [0.4, 0.5) is 0 Å². The number of unbranched alkanes of at least 4 members (excludes halogenated alkanes) is 3. The zero-order valence-corrected chi connectivity index (χ0v) is 13.2. The minimum Gasteiger partial charge on any atom is -0.381 e. The second-order valence-corrected chi connectivity index (χ2v) is 5.71. The summed E-state index contributed by atoms with van der Waals surface area (Å²) in [5, 5.41) is 0. The highest BCUT2D eigenvalue weighted by Gasteiger charge is 2.15. The number of rotatable bonds is 11. The van der Waals surface area contributed by atoms with Crippen LogP contribution in [0.5, 0.6) is 0 Å². The standard InChI is InChI=1S/C16H34N2O/c1-3-5-9-17-11-13-18(14-12-17)10-7-8-16-19-15-6-4-2/h3-16H2,1-2H3. The summed E-state index contributed by atoms with van der Waals surface area (Å²) < 4.78 is 5.60. The van der Waals surface area contributed by atoms with Crippen LogP contribution in [-0.4, -0.2) is 62.3 Å². The minimum atomic E-state index is 0.951. The highest BCUT2D eigenvalue weighted by Crippen LogP contribution is 2.05. The summed E-state index contributed by atoms with van der Waals surface area (Å²) >= 11 is 0. The van der Waals surface area contributed by atoms with Gasteiger partial charge in [-0.15, -0.1) is 0 Å². The third kappa shape index (κ3) is 8.61. The largest absolute Gasteiger partial charge is 0.381 e. The molecule has 1 saturated heterocycles. The molecule has 1 aliphatic heterocycles. The van der Waals surface area contributed by atoms with E-state index in [-0.39, 0.29) is 0 Å². The van der Waals surface area contributed by atoms with Crippen LogP contribution < -0.4 is 0 Å². The summed E-state index contributed by atoms with van der Waals surface area (Å²) in [7, 11) is 0. The van der Waals surface area contributed by atoms with Crippen molar-refractivity contribution in [3.63, 3.8) is 0 Å². The van der Waals surface area contributed by atoms with E-state index in [9.17, 15) is 0 Å². The van der Waals surface area contributed by atoms with Crippen molar-refractivity contribution < 1.29 is 4.74 Å². The van der Waals surface area contributed by atoms with E-state index in [1.165, 1.54) is 77.8 Å². The van der Waals surface area contributed by atoms with Gasteiger partial charge in [-0.25, -0.2) is 0 Å². The number of hydrogen-bond acceptors (Lipinski definition) is 3. The molecule has 1 aliphatic rings. The highest BCUT2D eigenvalue weighted by atomic mass is 16.5. The first-order chi connectivity index (χ1) is 9.36. The first-order valence-electron chi connectivity index (χ1n) is 8.39. The van der Waals surface area contributed by atoms with Crippen molar-refractivity contribution in [2.24, 2.45) is 0 Å². The van der Waals surface area contributed by atoms with Gasteiger partial charge in [0, 0.05) is 39.4 Å². The second kappa shape index (κ2) is 11.7. The van der Waals surface area contributed by atoms with Crippen LogP contribution in [-0.2, 0) is 4.74 Å². The van der Waals surface area contributed by atoms with E-state index < -0.39 is 0 Å². The molecule has 0 aromatic rings. The predicted octanol–water partition coefficient (Wildman–Crippen LogP) is 3.00. The average molecular weight is 270 g/mol. The van der Waals surface area contributed by atoms with Crippen LogP contribution in [0.25, 0.3) is 0 Å². The molecule has 3 heteroatoms. The Hall–Kier alpha value is -0.120. The lowest BCUT2D eigenvalue weighted by atomic mass is 10.2. The summed E-state index contributed by atoms with van der Waals surface area (Å²) in [5.41, 5.74) is 0. The lowest BCUT2D eigenvalue weighted by Gasteiger charge is -2.34. The van der Waals surface area contributed by atoms with Crippen molar-refractivity contribution in [3.8, 4) is 0 Å². The molecule has 0 aromatic heterocycles. The summed E-state index contributed by atoms with van der Waals surface area (Å²) in [6, 6.07) is 0. The fraction of sp³-hybridized carbons (Fsp3) is 1.00. The lowest BCUT2D eigenvalue weighted by Crippen LogP contribution is -2.46. The molecule has 0 N–H and O–H groups in total. The molecular weight excluding hydrogens is 236 g/mol. The Kier molecular flexibility index (Phi) is 10.4. The maximum absolute atomic E-state index is 5.60. The molecule has 0 bridgehead atoms. The van der Waals surface area contributed by atoms with Gasteiger partial charge in [0.15, 0.2) is 0 Å². The fourth-order valence-corrected chi connectivity index (χ4v) is 2.51. The van der Waals surface area contributed by atoms with Crippen molar-refractivity contribution in [2.75, 3.05) is 52.5 Å². The monoisotopic (exact) mass is 270 g/mol. The van der Waals surface area contributed by atoms with E-state index >= 15 is 0 Å². The molecule has 3 nitrogen and oxygen atoms in total. The molecule has 0 spiro atoms. The molecule has 19 heavy (non-hydrogen) atoms. The van der Waals surface area contributed by atoms with Gasteiger partial charge in [-0.3, -0.25) is 0 Å². The fourth-order valence-electron chi connectivity index (χ4n) is 2.51. The van der Waals surface area contributed by atoms with Crippen LogP contribution in [0.2, 0.25) is 0 Å². The molecule has 0 amide bonds. The Morgan fingerprint density at radius 3 is 1.79 bits per heavy atom. The van der Waals surface area contributed by atoms with Gasteiger partial charge in [0.05, 0.1) is 0 Å². The Balaban J connectivity index is 1.89. The first kappa shape index (κ1) is 16.9. The average Bonchev–Trinajstić information content (AvgIpc) is 2.45. The van der Waals surface area contributed by atoms with Crippen molar-refractivity contribution in [3.05, 3.63) is 0 Å². The Morgan fingerprint density at radius 2 is 1.21 bits per heavy atom. The van der Waals surface area contributed by atoms with Crippen LogP contribution >= 0.6 is 0 Å². The van der Waals surface area contributed by atoms with E-state index in [1.54, 1.807) is 0 Å². The van der Waals surface area contributed by atoms with Gasteiger partial charge in [0.2, 0.25) is 0 Å². The Labute approximate surface area is 120 Å². The van der Waals surface area contributed by atoms with E-state index in [0.29, 0.717) is 0 Å². The molecule has 0 radical (unpaired) electrons. The maximum Gasteiger partial charge on any atom is 0.0466 e. The smallest absolute Gasteiger partial charge is 0.0466 e. The third-order valence-corrected chi connectivity index (χ3v) is 3.95. The topological polar surface area (TPSA) is 15.7 Å². The number of nitrogens with zero attached hydrogens (tertiary/aromatic N) is 2. The van der Waals surface area contributed by atoms with Crippen molar-refractivity contribution >= 4 is 0 Å². The van der Waals surface area contributed by atoms with Crippen molar-refractivity contribution in [2.45, 2.75) is 52.4 Å². The zero-order valence-electron chi connectivity index (χ0n) is 13.2. The Bertz CT molecular complexity index is 191. The normalized spacial score (nSPS) is 18.0. The third-order valence-electron chi connectivity index (χ3n) is 3.95. The molecule has 114 valence electrons. The predicted molar refractivity (Wildman–Crippen MR) is 82.7 cm³/mol. The zero-order chi connectivity index (χ0) is 13.8. The number of hydrogen-bond donors (Lipinski definition) is 0. The van der Waals surface area contributed by atoms with Gasteiger partial charge < -0.3 is 14.5 Å². The second-order valence-electron chi connectivity index (χ2n) is 5.71. The molecule has 0 aromatic carbocycles. The van der Waals surface area contributed by atoms with Crippen LogP contribution in [0.3, 0.4) is 0 Å². The molecule has 1 fully saturated rings. The maximum atomic E-state index is 5.60. The SMILES string of the molecule is CCCCOCCCCN1CCN(CCCC)CC1. The van der Waals surface area contributed by atoms with Crippen molar-refractivity contribution in [1.29, 1.82) is 0 Å². The molecule has 0 saturated carbocycles. The number of ether oxygens (including phenoxy) is 1. The van der Waals surface area contributed by atoms with Gasteiger partial charge in [0.1, 0.15) is 0 Å². The molecule has 0 unspecified atom stereocenters. The highest BCUT2D eigenvalue weighted by molar-refractivity contribution is 4.71. The quantitative estimate of drug-likeness (QED) is 0.537.